The van der Waals surface area contributed by atoms with Gasteiger partial charge in [-0.2, -0.15) is 0 Å². The van der Waals surface area contributed by atoms with Crippen molar-refractivity contribution in [3.63, 3.8) is 0 Å². The Hall–Kier alpha value is -3.62. The summed E-state index contributed by atoms with van der Waals surface area (Å²) in [5.74, 6) is -1.45. The molecule has 0 bridgehead atoms. The van der Waals surface area contributed by atoms with E-state index in [0.29, 0.717) is 30.9 Å². The number of methoxy groups -OCH3 is 2. The number of nitrogens with zero attached hydrogens (tertiary/aromatic N) is 2. The second kappa shape index (κ2) is 12.2. The molecule has 0 spiro atoms. The molecule has 0 radical (unpaired) electrons. The topological polar surface area (TPSA) is 96.9 Å². The molecule has 2 aromatic rings. The fourth-order valence-electron chi connectivity index (χ4n) is 2.68. The maximum Gasteiger partial charge on any atom is 0.345 e. The summed E-state index contributed by atoms with van der Waals surface area (Å²) in [4.78, 5) is 35.6. The van der Waals surface area contributed by atoms with Crippen LogP contribution in [0.4, 0.5) is 0 Å². The van der Waals surface area contributed by atoms with Gasteiger partial charge in [-0.3, -0.25) is 4.79 Å². The van der Waals surface area contributed by atoms with Crippen LogP contribution in [0.2, 0.25) is 0 Å². The zero-order valence-electron chi connectivity index (χ0n) is 17.9. The molecule has 1 heterocycles. The second-order valence-corrected chi connectivity index (χ2v) is 6.57. The number of aromatic nitrogens is 2. The molecule has 166 valence electrons. The van der Waals surface area contributed by atoms with Gasteiger partial charge in [-0.1, -0.05) is 18.2 Å². The van der Waals surface area contributed by atoms with Gasteiger partial charge in [-0.25, -0.2) is 18.7 Å². The molecule has 0 aliphatic rings. The Morgan fingerprint density at radius 3 is 2.42 bits per heavy atom. The predicted molar refractivity (Wildman–Crippen MR) is 110 cm³/mol. The maximum absolute atomic E-state index is 11.9. The molecule has 0 saturated heterocycles. The lowest BCUT2D eigenvalue weighted by atomic mass is 10.1. The molecule has 0 saturated carbocycles. The quantitative estimate of drug-likeness (QED) is 0.101. The fraction of sp³-hybridized carbons (Fsp3) is 0.364. The minimum absolute atomic E-state index is 0.215. The monoisotopic (exact) mass is 431 g/mol. The highest BCUT2D eigenvalue weighted by Gasteiger charge is 2.20. The summed E-state index contributed by atoms with van der Waals surface area (Å²) in [6.07, 6.45) is 7.73. The molecule has 1 aromatic carbocycles. The first-order valence-corrected chi connectivity index (χ1v) is 9.71. The number of carbonyl (C=O) groups is 3. The van der Waals surface area contributed by atoms with Crippen molar-refractivity contribution in [2.24, 2.45) is 7.05 Å². The molecule has 1 aromatic heterocycles. The third kappa shape index (κ3) is 7.61. The Balaban J connectivity index is 1.84. The Bertz CT molecular complexity index is 915. The van der Waals surface area contributed by atoms with Gasteiger partial charge in [0, 0.05) is 12.0 Å². The van der Waals surface area contributed by atoms with Crippen LogP contribution in [0.5, 0.6) is 5.75 Å². The van der Waals surface area contributed by atoms with Gasteiger partial charge in [0.05, 0.1) is 27.9 Å². The van der Waals surface area contributed by atoms with Gasteiger partial charge < -0.3 is 18.9 Å². The molecular formula is C22H27N2O7+. The minimum Gasteiger partial charge on any atom is -0.493 e. The first-order valence-electron chi connectivity index (χ1n) is 9.71. The zero-order valence-corrected chi connectivity index (χ0v) is 17.9. The number of carbonyl (C=O) groups excluding carboxylic acids is 3. The van der Waals surface area contributed by atoms with Crippen LogP contribution >= 0.6 is 0 Å². The molecule has 0 fully saturated rings. The number of hydrogen-bond acceptors (Lipinski definition) is 7. The normalized spacial score (nSPS) is 10.2. The van der Waals surface area contributed by atoms with Crippen LogP contribution < -0.4 is 9.30 Å². The average molecular weight is 431 g/mol. The van der Waals surface area contributed by atoms with Crippen molar-refractivity contribution in [2.75, 3.05) is 27.4 Å². The highest BCUT2D eigenvalue weighted by molar-refractivity contribution is 6.17. The van der Waals surface area contributed by atoms with Gasteiger partial charge in [0.15, 0.2) is 0 Å². The van der Waals surface area contributed by atoms with E-state index in [2.05, 4.69) is 9.47 Å². The Morgan fingerprint density at radius 2 is 1.77 bits per heavy atom. The number of rotatable bonds is 11. The lowest BCUT2D eigenvalue weighted by Gasteiger charge is -2.10. The molecule has 9 nitrogen and oxygen atoms in total. The summed E-state index contributed by atoms with van der Waals surface area (Å²) < 4.78 is 24.1. The number of hydrogen-bond donors (Lipinski definition) is 0. The van der Waals surface area contributed by atoms with Crippen molar-refractivity contribution in [3.05, 3.63) is 54.1 Å². The maximum atomic E-state index is 11.9. The van der Waals surface area contributed by atoms with E-state index in [-0.39, 0.29) is 24.6 Å². The van der Waals surface area contributed by atoms with E-state index in [0.717, 1.165) is 0 Å². The molecular weight excluding hydrogens is 404 g/mol. The van der Waals surface area contributed by atoms with Gasteiger partial charge in [0.2, 0.25) is 6.33 Å². The van der Waals surface area contributed by atoms with E-state index in [9.17, 15) is 14.4 Å². The van der Waals surface area contributed by atoms with Crippen LogP contribution in [0.1, 0.15) is 18.4 Å². The van der Waals surface area contributed by atoms with E-state index in [1.165, 1.54) is 20.3 Å². The predicted octanol–water partition coefficient (Wildman–Crippen LogP) is 1.44. The van der Waals surface area contributed by atoms with Crippen LogP contribution in [0.15, 0.2) is 48.6 Å². The van der Waals surface area contributed by atoms with E-state index in [4.69, 9.17) is 9.47 Å². The van der Waals surface area contributed by atoms with Crippen molar-refractivity contribution >= 4 is 24.0 Å². The highest BCUT2D eigenvalue weighted by Crippen LogP contribution is 2.22. The molecule has 2 rings (SSSR count). The summed E-state index contributed by atoms with van der Waals surface area (Å²) >= 11 is 0. The lowest BCUT2D eigenvalue weighted by molar-refractivity contribution is -0.671. The minimum atomic E-state index is -0.807. The number of aryl methyl sites for hydroxylation is 1. The molecule has 0 unspecified atom stereocenters. The third-order valence-corrected chi connectivity index (χ3v) is 4.25. The SMILES string of the molecule is COC(=O)C(=Cc1ccccc1OCCCC(=O)OCCn1cc[n+](C)c1)C(=O)OC. The van der Waals surface area contributed by atoms with Gasteiger partial charge in [0.25, 0.3) is 0 Å². The average Bonchev–Trinajstić information content (AvgIpc) is 3.19. The van der Waals surface area contributed by atoms with E-state index in [1.54, 1.807) is 24.3 Å². The Kier molecular flexibility index (Phi) is 9.28. The summed E-state index contributed by atoms with van der Waals surface area (Å²) in [7, 11) is 4.28. The van der Waals surface area contributed by atoms with E-state index < -0.39 is 11.9 Å². The largest absolute Gasteiger partial charge is 0.493 e. The van der Waals surface area contributed by atoms with Gasteiger partial charge in [-0.15, -0.1) is 0 Å². The standard InChI is InChI=1S/C22H27N2O7/c1-23-10-11-24(16-23)12-14-31-20(25)9-6-13-30-19-8-5-4-7-17(19)15-18(21(26)28-2)22(27)29-3/h4-5,7-8,10-11,15-16H,6,9,12-14H2,1-3H3/q+1. The van der Waals surface area contributed by atoms with Crippen LogP contribution in [0.25, 0.3) is 6.08 Å². The van der Waals surface area contributed by atoms with Gasteiger partial charge in [-0.05, 0) is 18.6 Å². The summed E-state index contributed by atoms with van der Waals surface area (Å²) in [6, 6.07) is 6.90. The molecule has 0 aliphatic carbocycles. The number of para-hydroxylation sites is 1. The van der Waals surface area contributed by atoms with Crippen LogP contribution in [-0.4, -0.2) is 49.9 Å². The van der Waals surface area contributed by atoms with Crippen LogP contribution in [0.3, 0.4) is 0 Å². The molecule has 9 heteroatoms. The highest BCUT2D eigenvalue weighted by atomic mass is 16.5. The number of imidazole rings is 1. The number of esters is 3. The fourth-order valence-corrected chi connectivity index (χ4v) is 2.68. The van der Waals surface area contributed by atoms with Crippen molar-refractivity contribution in [1.82, 2.24) is 4.57 Å². The first kappa shape index (κ1) is 23.7. The third-order valence-electron chi connectivity index (χ3n) is 4.25. The van der Waals surface area contributed by atoms with Crippen LogP contribution in [-0.2, 0) is 42.2 Å². The van der Waals surface area contributed by atoms with Crippen LogP contribution in [0, 0.1) is 0 Å². The number of ether oxygens (including phenoxy) is 4. The Morgan fingerprint density at radius 1 is 1.06 bits per heavy atom. The molecule has 0 atom stereocenters. The lowest BCUT2D eigenvalue weighted by Crippen LogP contribution is -2.24. The van der Waals surface area contributed by atoms with Crippen molar-refractivity contribution in [1.29, 1.82) is 0 Å². The number of benzene rings is 1. The van der Waals surface area contributed by atoms with Crippen molar-refractivity contribution in [2.45, 2.75) is 19.4 Å². The van der Waals surface area contributed by atoms with Crippen molar-refractivity contribution in [3.8, 4) is 5.75 Å². The first-order chi connectivity index (χ1) is 14.9. The summed E-state index contributed by atoms with van der Waals surface area (Å²) in [5.41, 5.74) is 0.261. The van der Waals surface area contributed by atoms with Crippen molar-refractivity contribution < 1.29 is 37.9 Å². The summed E-state index contributed by atoms with van der Waals surface area (Å²) in [6.45, 7) is 1.15. The Labute approximate surface area is 180 Å². The molecule has 31 heavy (non-hydrogen) atoms. The van der Waals surface area contributed by atoms with Gasteiger partial charge in [0.1, 0.15) is 36.9 Å². The molecule has 0 N–H and O–H groups in total. The zero-order chi connectivity index (χ0) is 22.6. The second-order valence-electron chi connectivity index (χ2n) is 6.57. The summed E-state index contributed by atoms with van der Waals surface area (Å²) in [5, 5.41) is 0. The molecule has 0 amide bonds. The smallest absolute Gasteiger partial charge is 0.345 e. The van der Waals surface area contributed by atoms with E-state index >= 15 is 0 Å². The van der Waals surface area contributed by atoms with E-state index in [1.807, 2.05) is 34.9 Å². The van der Waals surface area contributed by atoms with Gasteiger partial charge >= 0.3 is 17.9 Å². The molecule has 0 aliphatic heterocycles.